The Morgan fingerprint density at radius 2 is 1.15 bits per heavy atom. The Kier molecular flexibility index (Phi) is 4.06. The minimum Gasteiger partial charge on any atom is -0.0826 e. The molecule has 0 heterocycles. The molecule has 0 saturated heterocycles. The van der Waals surface area contributed by atoms with Crippen LogP contribution < -0.4 is 0 Å². The maximum absolute atomic E-state index is 6.30. The van der Waals surface area contributed by atoms with Gasteiger partial charge < -0.3 is 0 Å². The van der Waals surface area contributed by atoms with E-state index in [0.29, 0.717) is 37.6 Å². The van der Waals surface area contributed by atoms with Crippen LogP contribution in [0, 0.1) is 0 Å². The summed E-state index contributed by atoms with van der Waals surface area (Å²) in [5.74, 6) is 0. The average molecular weight is 407 g/mol. The molecule has 0 unspecified atom stereocenters. The zero-order valence-corrected chi connectivity index (χ0v) is 14.7. The van der Waals surface area contributed by atoms with Gasteiger partial charge in [0.05, 0.1) is 35.2 Å². The van der Waals surface area contributed by atoms with Crippen LogP contribution in [0.4, 0.5) is 0 Å². The molecule has 2 aromatic carbocycles. The molecule has 0 spiro atoms. The molecule has 20 heavy (non-hydrogen) atoms. The van der Waals surface area contributed by atoms with Gasteiger partial charge in [0.2, 0.25) is 0 Å². The van der Waals surface area contributed by atoms with Gasteiger partial charge in [-0.15, -0.1) is 0 Å². The van der Waals surface area contributed by atoms with Crippen molar-refractivity contribution in [3.63, 3.8) is 0 Å². The van der Waals surface area contributed by atoms with Crippen molar-refractivity contribution in [2.75, 3.05) is 0 Å². The van der Waals surface area contributed by atoms with Gasteiger partial charge in [0.1, 0.15) is 0 Å². The molecule has 3 rings (SSSR count). The van der Waals surface area contributed by atoms with Gasteiger partial charge in [-0.25, -0.2) is 0 Å². The first-order valence-corrected chi connectivity index (χ1v) is 8.00. The standard InChI is InChI=1S/C13H3Cl7/c14-5-2-3-1-4-7(6(3)10(17)9(5)16)11(18)13(20)12(19)8(4)15/h2H,1H2. The molecule has 0 saturated carbocycles. The lowest BCUT2D eigenvalue weighted by molar-refractivity contribution is 1.26. The molecule has 0 aromatic heterocycles. The summed E-state index contributed by atoms with van der Waals surface area (Å²) >= 11 is 43.2. The van der Waals surface area contributed by atoms with E-state index in [9.17, 15) is 0 Å². The molecule has 0 aliphatic heterocycles. The third-order valence-corrected chi connectivity index (χ3v) is 6.33. The molecule has 104 valence electrons. The van der Waals surface area contributed by atoms with Gasteiger partial charge in [-0.05, 0) is 17.2 Å². The van der Waals surface area contributed by atoms with Gasteiger partial charge in [-0.1, -0.05) is 81.2 Å². The fourth-order valence-electron chi connectivity index (χ4n) is 2.35. The maximum atomic E-state index is 6.30. The summed E-state index contributed by atoms with van der Waals surface area (Å²) in [5.41, 5.74) is 3.05. The van der Waals surface area contributed by atoms with E-state index < -0.39 is 0 Å². The van der Waals surface area contributed by atoms with Crippen molar-refractivity contribution >= 4 is 81.2 Å². The summed E-state index contributed by atoms with van der Waals surface area (Å²) in [7, 11) is 0. The van der Waals surface area contributed by atoms with Crippen LogP contribution in [0.5, 0.6) is 0 Å². The van der Waals surface area contributed by atoms with E-state index in [-0.39, 0.29) is 15.1 Å². The summed E-state index contributed by atoms with van der Waals surface area (Å²) in [6.45, 7) is 0. The van der Waals surface area contributed by atoms with Gasteiger partial charge in [-0.3, -0.25) is 0 Å². The maximum Gasteiger partial charge on any atom is 0.0800 e. The van der Waals surface area contributed by atoms with Crippen LogP contribution in [0.15, 0.2) is 6.07 Å². The minimum absolute atomic E-state index is 0.201. The predicted octanol–water partition coefficient (Wildman–Crippen LogP) is 7.83. The highest BCUT2D eigenvalue weighted by atomic mass is 35.5. The number of fused-ring (bicyclic) bond motifs is 3. The lowest BCUT2D eigenvalue weighted by Gasteiger charge is -2.12. The van der Waals surface area contributed by atoms with E-state index in [0.717, 1.165) is 11.1 Å². The van der Waals surface area contributed by atoms with Gasteiger partial charge in [-0.2, -0.15) is 0 Å². The SMILES string of the molecule is Clc1cc2c(c(Cl)c1Cl)-c1c(Cl)c(Cl)c(Cl)c(Cl)c1C2. The molecule has 0 bridgehead atoms. The highest BCUT2D eigenvalue weighted by Gasteiger charge is 2.31. The van der Waals surface area contributed by atoms with Gasteiger partial charge >= 0.3 is 0 Å². The third kappa shape index (κ3) is 2.05. The van der Waals surface area contributed by atoms with Crippen LogP contribution >= 0.6 is 81.2 Å². The number of hydrogen-bond donors (Lipinski definition) is 0. The molecular formula is C13H3Cl7. The number of halogens is 7. The molecule has 0 N–H and O–H groups in total. The Labute approximate surface area is 150 Å². The molecule has 0 fully saturated rings. The Bertz CT molecular complexity index is 765. The summed E-state index contributed by atoms with van der Waals surface area (Å²) in [6.07, 6.45) is 0.525. The molecule has 0 radical (unpaired) electrons. The number of benzene rings is 2. The van der Waals surface area contributed by atoms with E-state index in [1.165, 1.54) is 0 Å². The van der Waals surface area contributed by atoms with Crippen LogP contribution in [-0.4, -0.2) is 0 Å². The zero-order chi connectivity index (χ0) is 14.8. The Balaban J connectivity index is 2.45. The van der Waals surface area contributed by atoms with Crippen molar-refractivity contribution in [3.05, 3.63) is 52.4 Å². The highest BCUT2D eigenvalue weighted by molar-refractivity contribution is 6.54. The van der Waals surface area contributed by atoms with Crippen molar-refractivity contribution in [1.29, 1.82) is 0 Å². The highest BCUT2D eigenvalue weighted by Crippen LogP contribution is 2.54. The van der Waals surface area contributed by atoms with E-state index >= 15 is 0 Å². The van der Waals surface area contributed by atoms with Crippen LogP contribution in [0.25, 0.3) is 11.1 Å². The first-order chi connectivity index (χ1) is 9.34. The smallest absolute Gasteiger partial charge is 0.0800 e. The van der Waals surface area contributed by atoms with E-state index in [2.05, 4.69) is 0 Å². The quantitative estimate of drug-likeness (QED) is 0.263. The molecule has 2 aromatic rings. The predicted molar refractivity (Wildman–Crippen MR) is 89.8 cm³/mol. The first kappa shape index (κ1) is 15.4. The second-order valence-electron chi connectivity index (χ2n) is 4.31. The fourth-order valence-corrected chi connectivity index (χ4v) is 4.14. The zero-order valence-electron chi connectivity index (χ0n) is 9.43. The Morgan fingerprint density at radius 1 is 0.600 bits per heavy atom. The largest absolute Gasteiger partial charge is 0.0826 e. The molecule has 0 atom stereocenters. The Hall–Kier alpha value is 0.470. The van der Waals surface area contributed by atoms with E-state index in [1.807, 2.05) is 0 Å². The second kappa shape index (κ2) is 5.28. The van der Waals surface area contributed by atoms with E-state index in [1.54, 1.807) is 6.07 Å². The van der Waals surface area contributed by atoms with Crippen molar-refractivity contribution in [2.24, 2.45) is 0 Å². The second-order valence-corrected chi connectivity index (χ2v) is 6.98. The molecule has 0 nitrogen and oxygen atoms in total. The number of hydrogen-bond acceptors (Lipinski definition) is 0. The monoisotopic (exact) mass is 404 g/mol. The topological polar surface area (TPSA) is 0 Å². The molecule has 0 amide bonds. The van der Waals surface area contributed by atoms with Crippen molar-refractivity contribution in [1.82, 2.24) is 0 Å². The fraction of sp³-hybridized carbons (Fsp3) is 0.0769. The van der Waals surface area contributed by atoms with E-state index in [4.69, 9.17) is 81.2 Å². The van der Waals surface area contributed by atoms with Crippen LogP contribution in [0.2, 0.25) is 35.2 Å². The normalized spacial score (nSPS) is 12.6. The average Bonchev–Trinajstić information content (AvgIpc) is 2.79. The van der Waals surface area contributed by atoms with Gasteiger partial charge in [0, 0.05) is 17.5 Å². The van der Waals surface area contributed by atoms with Crippen molar-refractivity contribution in [3.8, 4) is 11.1 Å². The summed E-state index contributed by atoms with van der Waals surface area (Å²) in [5, 5.41) is 2.12. The lowest BCUT2D eigenvalue weighted by Crippen LogP contribution is -1.87. The van der Waals surface area contributed by atoms with Gasteiger partial charge in [0.25, 0.3) is 0 Å². The van der Waals surface area contributed by atoms with Crippen LogP contribution in [0.1, 0.15) is 11.1 Å². The van der Waals surface area contributed by atoms with Crippen LogP contribution in [0.3, 0.4) is 0 Å². The van der Waals surface area contributed by atoms with Crippen molar-refractivity contribution in [2.45, 2.75) is 6.42 Å². The van der Waals surface area contributed by atoms with Crippen molar-refractivity contribution < 1.29 is 0 Å². The summed E-state index contributed by atoms with van der Waals surface area (Å²) in [6, 6.07) is 1.75. The lowest BCUT2D eigenvalue weighted by atomic mass is 10.1. The minimum atomic E-state index is 0.201. The molecule has 1 aliphatic rings. The third-order valence-electron chi connectivity index (χ3n) is 3.23. The first-order valence-electron chi connectivity index (χ1n) is 5.36. The van der Waals surface area contributed by atoms with Crippen LogP contribution in [-0.2, 0) is 6.42 Å². The molecule has 1 aliphatic carbocycles. The Morgan fingerprint density at radius 3 is 1.80 bits per heavy atom. The summed E-state index contributed by atoms with van der Waals surface area (Å²) < 4.78 is 0. The molecular weight excluding hydrogens is 404 g/mol. The van der Waals surface area contributed by atoms with Gasteiger partial charge in [0.15, 0.2) is 0 Å². The molecule has 7 heteroatoms. The number of rotatable bonds is 0. The summed E-state index contributed by atoms with van der Waals surface area (Å²) in [4.78, 5) is 0.